The van der Waals surface area contributed by atoms with Gasteiger partial charge in [0.1, 0.15) is 5.75 Å². The molecule has 0 amide bonds. The summed E-state index contributed by atoms with van der Waals surface area (Å²) in [6.07, 6.45) is 2.01. The third-order valence-corrected chi connectivity index (χ3v) is 4.11. The summed E-state index contributed by atoms with van der Waals surface area (Å²) >= 11 is 9.94. The second-order valence-corrected chi connectivity index (χ2v) is 8.18. The van der Waals surface area contributed by atoms with Crippen LogP contribution in [0.1, 0.15) is 38.3 Å². The molecule has 1 N–H and O–H groups in total. The van der Waals surface area contributed by atoms with Crippen molar-refractivity contribution in [1.82, 2.24) is 5.32 Å². The molecule has 1 atom stereocenters. The largest absolute Gasteiger partial charge is 0.493 e. The van der Waals surface area contributed by atoms with Crippen molar-refractivity contribution in [1.29, 1.82) is 0 Å². The van der Waals surface area contributed by atoms with Gasteiger partial charge in [0.15, 0.2) is 0 Å². The standard InChI is InChI=1S/C16H23BrClNO/c1-16(2,3)8-14(18)10-19-9-12-7-13(17)6-11-4-5-20-15(11)12/h6-7,14,19H,4-5,8-10H2,1-3H3. The fourth-order valence-electron chi connectivity index (χ4n) is 2.58. The van der Waals surface area contributed by atoms with Crippen LogP contribution in [0.4, 0.5) is 0 Å². The number of alkyl halides is 1. The molecule has 1 aromatic rings. The second-order valence-electron chi connectivity index (χ2n) is 6.64. The Kier molecular flexibility index (Phi) is 5.38. The quantitative estimate of drug-likeness (QED) is 0.780. The van der Waals surface area contributed by atoms with E-state index in [4.69, 9.17) is 16.3 Å². The molecule has 1 unspecified atom stereocenters. The normalized spacial score (nSPS) is 15.8. The van der Waals surface area contributed by atoms with Crippen molar-refractivity contribution >= 4 is 27.5 Å². The molecule has 0 bridgehead atoms. The molecule has 0 saturated carbocycles. The summed E-state index contributed by atoms with van der Waals surface area (Å²) in [6, 6.07) is 4.28. The molecule has 20 heavy (non-hydrogen) atoms. The summed E-state index contributed by atoms with van der Waals surface area (Å²) in [7, 11) is 0. The van der Waals surface area contributed by atoms with Crippen LogP contribution in [0.15, 0.2) is 16.6 Å². The first-order valence-electron chi connectivity index (χ1n) is 7.14. The number of fused-ring (bicyclic) bond motifs is 1. The van der Waals surface area contributed by atoms with Gasteiger partial charge in [-0.05, 0) is 29.5 Å². The summed E-state index contributed by atoms with van der Waals surface area (Å²) in [5.41, 5.74) is 2.79. The highest BCUT2D eigenvalue weighted by Gasteiger charge is 2.19. The van der Waals surface area contributed by atoms with Gasteiger partial charge in [-0.1, -0.05) is 36.7 Å². The summed E-state index contributed by atoms with van der Waals surface area (Å²) in [4.78, 5) is 0. The van der Waals surface area contributed by atoms with Crippen LogP contribution in [0.3, 0.4) is 0 Å². The maximum atomic E-state index is 6.38. The lowest BCUT2D eigenvalue weighted by molar-refractivity contribution is 0.350. The number of rotatable bonds is 5. The van der Waals surface area contributed by atoms with Gasteiger partial charge >= 0.3 is 0 Å². The van der Waals surface area contributed by atoms with Gasteiger partial charge in [0.2, 0.25) is 0 Å². The van der Waals surface area contributed by atoms with Crippen molar-refractivity contribution in [3.8, 4) is 5.75 Å². The highest BCUT2D eigenvalue weighted by Crippen LogP contribution is 2.33. The maximum Gasteiger partial charge on any atom is 0.127 e. The number of benzene rings is 1. The van der Waals surface area contributed by atoms with Crippen molar-refractivity contribution in [3.05, 3.63) is 27.7 Å². The minimum absolute atomic E-state index is 0.163. The summed E-state index contributed by atoms with van der Waals surface area (Å²) in [5, 5.41) is 3.61. The van der Waals surface area contributed by atoms with Crippen molar-refractivity contribution in [2.45, 2.75) is 45.5 Å². The zero-order valence-corrected chi connectivity index (χ0v) is 14.8. The van der Waals surface area contributed by atoms with Gasteiger partial charge in [0.25, 0.3) is 0 Å². The Morgan fingerprint density at radius 2 is 2.15 bits per heavy atom. The Hall–Kier alpha value is -0.250. The molecule has 112 valence electrons. The molecule has 1 aliphatic rings. The van der Waals surface area contributed by atoms with Crippen LogP contribution in [0.5, 0.6) is 5.75 Å². The van der Waals surface area contributed by atoms with Gasteiger partial charge in [-0.3, -0.25) is 0 Å². The van der Waals surface area contributed by atoms with E-state index in [1.54, 1.807) is 0 Å². The zero-order chi connectivity index (χ0) is 14.8. The van der Waals surface area contributed by atoms with Crippen LogP contribution in [0.25, 0.3) is 0 Å². The highest BCUT2D eigenvalue weighted by atomic mass is 79.9. The van der Waals surface area contributed by atoms with E-state index in [0.29, 0.717) is 0 Å². The summed E-state index contributed by atoms with van der Waals surface area (Å²) in [6.45, 7) is 9.07. The van der Waals surface area contributed by atoms with E-state index < -0.39 is 0 Å². The van der Waals surface area contributed by atoms with Crippen LogP contribution >= 0.6 is 27.5 Å². The van der Waals surface area contributed by atoms with Gasteiger partial charge < -0.3 is 10.1 Å². The predicted octanol–water partition coefficient (Wildman–Crippen LogP) is 4.52. The number of hydrogen-bond acceptors (Lipinski definition) is 2. The molecule has 0 aliphatic carbocycles. The Morgan fingerprint density at radius 1 is 1.40 bits per heavy atom. The molecule has 2 rings (SSSR count). The van der Waals surface area contributed by atoms with E-state index in [1.807, 2.05) is 0 Å². The molecule has 1 aromatic carbocycles. The first kappa shape index (κ1) is 16.1. The van der Waals surface area contributed by atoms with Crippen molar-refractivity contribution in [2.24, 2.45) is 5.41 Å². The van der Waals surface area contributed by atoms with Crippen LogP contribution in [0, 0.1) is 5.41 Å². The number of halogens is 2. The zero-order valence-electron chi connectivity index (χ0n) is 12.4. The Labute approximate surface area is 135 Å². The van der Waals surface area contributed by atoms with Gasteiger partial charge in [-0.25, -0.2) is 0 Å². The molecule has 2 nitrogen and oxygen atoms in total. The van der Waals surface area contributed by atoms with E-state index in [1.165, 1.54) is 11.1 Å². The van der Waals surface area contributed by atoms with Crippen molar-refractivity contribution in [2.75, 3.05) is 13.2 Å². The average molecular weight is 361 g/mol. The first-order valence-corrected chi connectivity index (χ1v) is 8.37. The predicted molar refractivity (Wildman–Crippen MR) is 88.8 cm³/mol. The molecule has 0 aromatic heterocycles. The minimum Gasteiger partial charge on any atom is -0.493 e. The fraction of sp³-hybridized carbons (Fsp3) is 0.625. The van der Waals surface area contributed by atoms with E-state index in [0.717, 1.165) is 42.8 Å². The molecule has 0 radical (unpaired) electrons. The second kappa shape index (κ2) is 6.67. The molecule has 1 heterocycles. The third kappa shape index (κ3) is 4.64. The van der Waals surface area contributed by atoms with Gasteiger partial charge in [0, 0.05) is 34.9 Å². The minimum atomic E-state index is 0.163. The lowest BCUT2D eigenvalue weighted by Gasteiger charge is -2.22. The molecule has 0 spiro atoms. The van der Waals surface area contributed by atoms with Gasteiger partial charge in [-0.2, -0.15) is 0 Å². The molecular formula is C16H23BrClNO. The van der Waals surface area contributed by atoms with E-state index in [-0.39, 0.29) is 10.8 Å². The first-order chi connectivity index (χ1) is 9.35. The topological polar surface area (TPSA) is 21.3 Å². The Bertz CT molecular complexity index is 470. The van der Waals surface area contributed by atoms with Crippen LogP contribution in [-0.2, 0) is 13.0 Å². The van der Waals surface area contributed by atoms with E-state index in [2.05, 4.69) is 54.2 Å². The smallest absolute Gasteiger partial charge is 0.127 e. The monoisotopic (exact) mass is 359 g/mol. The van der Waals surface area contributed by atoms with Crippen LogP contribution < -0.4 is 10.1 Å². The lowest BCUT2D eigenvalue weighted by atomic mass is 9.90. The van der Waals surface area contributed by atoms with Crippen LogP contribution in [-0.4, -0.2) is 18.5 Å². The van der Waals surface area contributed by atoms with Crippen LogP contribution in [0.2, 0.25) is 0 Å². The third-order valence-electron chi connectivity index (χ3n) is 3.34. The molecular weight excluding hydrogens is 338 g/mol. The molecule has 0 saturated heterocycles. The molecule has 4 heteroatoms. The summed E-state index contributed by atoms with van der Waals surface area (Å²) < 4.78 is 6.85. The highest BCUT2D eigenvalue weighted by molar-refractivity contribution is 9.10. The van der Waals surface area contributed by atoms with Gasteiger partial charge in [0.05, 0.1) is 6.61 Å². The number of ether oxygens (including phenoxy) is 1. The molecule has 1 aliphatic heterocycles. The van der Waals surface area contributed by atoms with E-state index >= 15 is 0 Å². The Morgan fingerprint density at radius 3 is 2.85 bits per heavy atom. The van der Waals surface area contributed by atoms with Gasteiger partial charge in [-0.15, -0.1) is 11.6 Å². The summed E-state index contributed by atoms with van der Waals surface area (Å²) in [5.74, 6) is 1.06. The fourth-order valence-corrected chi connectivity index (χ4v) is 3.70. The van der Waals surface area contributed by atoms with Crippen molar-refractivity contribution in [3.63, 3.8) is 0 Å². The number of hydrogen-bond donors (Lipinski definition) is 1. The maximum absolute atomic E-state index is 6.38. The van der Waals surface area contributed by atoms with E-state index in [9.17, 15) is 0 Å². The Balaban J connectivity index is 1.89. The lowest BCUT2D eigenvalue weighted by Crippen LogP contribution is -2.26. The van der Waals surface area contributed by atoms with Crippen molar-refractivity contribution < 1.29 is 4.74 Å². The SMILES string of the molecule is CC(C)(C)CC(Cl)CNCc1cc(Br)cc2c1OCC2. The number of nitrogens with one attached hydrogen (secondary N) is 1. The molecule has 0 fully saturated rings. The average Bonchev–Trinajstić information content (AvgIpc) is 2.74.